The van der Waals surface area contributed by atoms with Crippen LogP contribution in [0.25, 0.3) is 21.7 Å². The molecule has 0 spiro atoms. The van der Waals surface area contributed by atoms with Crippen LogP contribution in [-0.4, -0.2) is 36.6 Å². The van der Waals surface area contributed by atoms with Crippen LogP contribution in [0, 0.1) is 0 Å². The largest absolute Gasteiger partial charge is 0.464 e. The molecule has 4 nitrogen and oxygen atoms in total. The summed E-state index contributed by atoms with van der Waals surface area (Å²) in [6.07, 6.45) is 2.09. The van der Waals surface area contributed by atoms with Crippen LogP contribution in [0.2, 0.25) is 0 Å². The SMILES string of the molecule is C[C@H]1COCCN1C(=O)Cc1coc2ccc3ccccc3c12. The Labute approximate surface area is 134 Å². The lowest BCUT2D eigenvalue weighted by molar-refractivity contribution is -0.138. The Balaban J connectivity index is 1.71. The van der Waals surface area contributed by atoms with Gasteiger partial charge in [0.05, 0.1) is 31.9 Å². The summed E-state index contributed by atoms with van der Waals surface area (Å²) < 4.78 is 11.1. The number of nitrogens with zero attached hydrogens (tertiary/aromatic N) is 1. The number of furan rings is 1. The molecule has 1 aliphatic heterocycles. The zero-order valence-corrected chi connectivity index (χ0v) is 13.1. The lowest BCUT2D eigenvalue weighted by Crippen LogP contribution is -2.47. The van der Waals surface area contributed by atoms with Crippen LogP contribution in [0.3, 0.4) is 0 Å². The number of carbonyl (C=O) groups is 1. The topological polar surface area (TPSA) is 42.7 Å². The van der Waals surface area contributed by atoms with E-state index in [1.165, 1.54) is 0 Å². The Morgan fingerprint density at radius 2 is 2.13 bits per heavy atom. The van der Waals surface area contributed by atoms with Crippen LogP contribution in [0.15, 0.2) is 47.1 Å². The number of hydrogen-bond acceptors (Lipinski definition) is 3. The number of benzene rings is 2. The average molecular weight is 309 g/mol. The van der Waals surface area contributed by atoms with Gasteiger partial charge in [-0.1, -0.05) is 30.3 Å². The van der Waals surface area contributed by atoms with Gasteiger partial charge in [-0.3, -0.25) is 4.79 Å². The van der Waals surface area contributed by atoms with Crippen molar-refractivity contribution < 1.29 is 13.9 Å². The standard InChI is InChI=1S/C19H19NO3/c1-13-11-22-9-8-20(13)18(21)10-15-12-23-17-7-6-14-4-2-3-5-16(14)19(15)17/h2-7,12-13H,8-11H2,1H3/t13-/m0/s1. The summed E-state index contributed by atoms with van der Waals surface area (Å²) in [5, 5.41) is 3.35. The van der Waals surface area contributed by atoms with Crippen molar-refractivity contribution in [1.82, 2.24) is 4.90 Å². The maximum Gasteiger partial charge on any atom is 0.227 e. The van der Waals surface area contributed by atoms with E-state index >= 15 is 0 Å². The van der Waals surface area contributed by atoms with Crippen molar-refractivity contribution in [3.63, 3.8) is 0 Å². The quantitative estimate of drug-likeness (QED) is 0.729. The first kappa shape index (κ1) is 14.3. The molecular weight excluding hydrogens is 290 g/mol. The van der Waals surface area contributed by atoms with Crippen LogP contribution in [0.5, 0.6) is 0 Å². The smallest absolute Gasteiger partial charge is 0.227 e. The van der Waals surface area contributed by atoms with E-state index in [2.05, 4.69) is 18.2 Å². The summed E-state index contributed by atoms with van der Waals surface area (Å²) in [6.45, 7) is 3.92. The molecule has 1 atom stereocenters. The van der Waals surface area contributed by atoms with E-state index < -0.39 is 0 Å². The van der Waals surface area contributed by atoms with E-state index in [9.17, 15) is 4.79 Å². The lowest BCUT2D eigenvalue weighted by Gasteiger charge is -2.33. The zero-order valence-electron chi connectivity index (χ0n) is 13.1. The fourth-order valence-corrected chi connectivity index (χ4v) is 3.37. The van der Waals surface area contributed by atoms with Crippen LogP contribution < -0.4 is 0 Å². The fourth-order valence-electron chi connectivity index (χ4n) is 3.37. The number of amides is 1. The predicted molar refractivity (Wildman–Crippen MR) is 89.4 cm³/mol. The minimum absolute atomic E-state index is 0.131. The molecule has 0 aliphatic carbocycles. The molecule has 2 heterocycles. The normalized spacial score (nSPS) is 18.7. The number of rotatable bonds is 2. The first-order valence-corrected chi connectivity index (χ1v) is 7.99. The third kappa shape index (κ3) is 2.49. The molecule has 0 saturated carbocycles. The van der Waals surface area contributed by atoms with Gasteiger partial charge in [0.1, 0.15) is 5.58 Å². The van der Waals surface area contributed by atoms with Crippen LogP contribution in [-0.2, 0) is 16.0 Å². The Hall–Kier alpha value is -2.33. The van der Waals surface area contributed by atoms with Gasteiger partial charge in [-0.2, -0.15) is 0 Å². The Kier molecular flexibility index (Phi) is 3.54. The molecule has 0 bridgehead atoms. The van der Waals surface area contributed by atoms with E-state index in [1.54, 1.807) is 6.26 Å². The monoisotopic (exact) mass is 309 g/mol. The molecule has 4 rings (SSSR count). The minimum atomic E-state index is 0.131. The highest BCUT2D eigenvalue weighted by Gasteiger charge is 2.24. The van der Waals surface area contributed by atoms with Gasteiger partial charge in [0, 0.05) is 17.5 Å². The summed E-state index contributed by atoms with van der Waals surface area (Å²) in [5.41, 5.74) is 1.79. The van der Waals surface area contributed by atoms with Crippen molar-refractivity contribution >= 4 is 27.6 Å². The zero-order chi connectivity index (χ0) is 15.8. The van der Waals surface area contributed by atoms with Gasteiger partial charge in [0.25, 0.3) is 0 Å². The maximum absolute atomic E-state index is 12.7. The number of ether oxygens (including phenoxy) is 1. The minimum Gasteiger partial charge on any atom is -0.464 e. The molecule has 2 aromatic carbocycles. The molecule has 0 unspecified atom stereocenters. The van der Waals surface area contributed by atoms with Crippen molar-refractivity contribution in [1.29, 1.82) is 0 Å². The predicted octanol–water partition coefficient (Wildman–Crippen LogP) is 3.38. The molecule has 1 aliphatic rings. The van der Waals surface area contributed by atoms with E-state index in [1.807, 2.05) is 30.0 Å². The lowest BCUT2D eigenvalue weighted by atomic mass is 10.0. The molecule has 1 saturated heterocycles. The van der Waals surface area contributed by atoms with Gasteiger partial charge < -0.3 is 14.1 Å². The number of morpholine rings is 1. The molecule has 118 valence electrons. The van der Waals surface area contributed by atoms with Gasteiger partial charge in [-0.05, 0) is 23.8 Å². The molecule has 23 heavy (non-hydrogen) atoms. The first-order chi connectivity index (χ1) is 11.2. The van der Waals surface area contributed by atoms with E-state index in [0.717, 1.165) is 27.3 Å². The highest BCUT2D eigenvalue weighted by atomic mass is 16.5. The summed E-state index contributed by atoms with van der Waals surface area (Å²) in [4.78, 5) is 14.6. The third-order valence-corrected chi connectivity index (χ3v) is 4.57. The van der Waals surface area contributed by atoms with Crippen molar-refractivity contribution in [2.24, 2.45) is 0 Å². The summed E-state index contributed by atoms with van der Waals surface area (Å²) in [5.74, 6) is 0.136. The highest BCUT2D eigenvalue weighted by molar-refractivity contribution is 6.08. The average Bonchev–Trinajstić information content (AvgIpc) is 2.98. The second-order valence-electron chi connectivity index (χ2n) is 6.11. The Morgan fingerprint density at radius 3 is 3.00 bits per heavy atom. The van der Waals surface area contributed by atoms with E-state index in [4.69, 9.17) is 9.15 Å². The van der Waals surface area contributed by atoms with Crippen molar-refractivity contribution in [3.8, 4) is 0 Å². The summed E-state index contributed by atoms with van der Waals surface area (Å²) >= 11 is 0. The molecule has 0 N–H and O–H groups in total. The Bertz CT molecular complexity index is 867. The molecular formula is C19H19NO3. The van der Waals surface area contributed by atoms with Crippen LogP contribution in [0.4, 0.5) is 0 Å². The van der Waals surface area contributed by atoms with Gasteiger partial charge in [0.15, 0.2) is 0 Å². The van der Waals surface area contributed by atoms with Crippen molar-refractivity contribution in [2.75, 3.05) is 19.8 Å². The molecule has 3 aromatic rings. The van der Waals surface area contributed by atoms with Crippen molar-refractivity contribution in [3.05, 3.63) is 48.2 Å². The maximum atomic E-state index is 12.7. The van der Waals surface area contributed by atoms with Crippen LogP contribution >= 0.6 is 0 Å². The second kappa shape index (κ2) is 5.70. The summed E-state index contributed by atoms with van der Waals surface area (Å²) in [7, 11) is 0. The van der Waals surface area contributed by atoms with Crippen molar-refractivity contribution in [2.45, 2.75) is 19.4 Å². The molecule has 1 amide bonds. The van der Waals surface area contributed by atoms with Crippen LogP contribution in [0.1, 0.15) is 12.5 Å². The van der Waals surface area contributed by atoms with E-state index in [-0.39, 0.29) is 11.9 Å². The molecule has 0 radical (unpaired) electrons. The van der Waals surface area contributed by atoms with E-state index in [0.29, 0.717) is 26.2 Å². The second-order valence-corrected chi connectivity index (χ2v) is 6.11. The molecule has 1 aromatic heterocycles. The molecule has 4 heteroatoms. The van der Waals surface area contributed by atoms with Gasteiger partial charge in [-0.25, -0.2) is 0 Å². The number of fused-ring (bicyclic) bond motifs is 3. The molecule has 1 fully saturated rings. The third-order valence-electron chi connectivity index (χ3n) is 4.57. The van der Waals surface area contributed by atoms with Gasteiger partial charge >= 0.3 is 0 Å². The highest BCUT2D eigenvalue weighted by Crippen LogP contribution is 2.30. The first-order valence-electron chi connectivity index (χ1n) is 7.99. The fraction of sp³-hybridized carbons (Fsp3) is 0.316. The summed E-state index contributed by atoms with van der Waals surface area (Å²) in [6, 6.07) is 12.4. The Morgan fingerprint density at radius 1 is 1.26 bits per heavy atom. The number of carbonyl (C=O) groups excluding carboxylic acids is 1. The van der Waals surface area contributed by atoms with Gasteiger partial charge in [0.2, 0.25) is 5.91 Å². The van der Waals surface area contributed by atoms with Gasteiger partial charge in [-0.15, -0.1) is 0 Å². The number of hydrogen-bond donors (Lipinski definition) is 0.